The van der Waals surface area contributed by atoms with Gasteiger partial charge in [-0.05, 0) is 0 Å². The molecule has 39 heavy (non-hydrogen) atoms. The van der Waals surface area contributed by atoms with E-state index in [-0.39, 0.29) is 0 Å². The van der Waals surface area contributed by atoms with Crippen molar-refractivity contribution in [3.05, 3.63) is 11.4 Å². The second-order valence-corrected chi connectivity index (χ2v) is 6.78. The molecule has 0 saturated carbocycles. The van der Waals surface area contributed by atoms with Crippen LogP contribution in [0, 0.1) is 0 Å². The molecule has 0 saturated heterocycles. The molecule has 0 nitrogen and oxygen atoms in total. The van der Waals surface area contributed by atoms with Crippen LogP contribution in [-0.4, -0.2) is 65.9 Å². The van der Waals surface area contributed by atoms with Crippen LogP contribution in [0.25, 0.3) is 0 Å². The first kappa shape index (κ1) is 36.9. The van der Waals surface area contributed by atoms with E-state index in [1.165, 1.54) is 0 Å². The molecule has 0 aromatic heterocycles. The minimum absolute atomic E-state index is 5.82. The second-order valence-electron chi connectivity index (χ2n) is 6.78. The van der Waals surface area contributed by atoms with Crippen LogP contribution in [0.15, 0.2) is 11.4 Å². The summed E-state index contributed by atoms with van der Waals surface area (Å²) in [5.41, 5.74) is -6.26. The normalized spacial score (nSPS) is 17.4. The fourth-order valence-electron chi connectivity index (χ4n) is 2.08. The molecular formula is C13F26. The van der Waals surface area contributed by atoms with E-state index in [1.54, 1.807) is 0 Å². The summed E-state index contributed by atoms with van der Waals surface area (Å²) in [6.07, 6.45) is -24.1. The van der Waals surface area contributed by atoms with Gasteiger partial charge in [0.1, 0.15) is 5.57 Å². The molecule has 0 rings (SSSR count). The summed E-state index contributed by atoms with van der Waals surface area (Å²) in [5.74, 6) is -79.2. The summed E-state index contributed by atoms with van der Waals surface area (Å²) in [6, 6.07) is 0. The molecule has 234 valence electrons. The minimum Gasteiger partial charge on any atom is -0.201 e. The first-order valence-corrected chi connectivity index (χ1v) is 7.91. The summed E-state index contributed by atoms with van der Waals surface area (Å²) in [5, 5.41) is 0. The summed E-state index contributed by atoms with van der Waals surface area (Å²) in [6.45, 7) is 0. The molecule has 0 N–H and O–H groups in total. The number of rotatable bonds is 8. The van der Waals surface area contributed by atoms with E-state index in [0.29, 0.717) is 0 Å². The quantitative estimate of drug-likeness (QED) is 0.230. The molecule has 0 atom stereocenters. The van der Waals surface area contributed by atoms with Gasteiger partial charge in [-0.1, -0.05) is 0 Å². The smallest absolute Gasteiger partial charge is 0.201 e. The molecule has 0 aliphatic rings. The van der Waals surface area contributed by atoms with E-state index in [9.17, 15) is 114 Å². The van der Waals surface area contributed by atoms with Gasteiger partial charge in [-0.2, -0.15) is 110 Å². The maximum atomic E-state index is 13.7. The largest absolute Gasteiger partial charge is 0.460 e. The number of halogens is 26. The lowest BCUT2D eigenvalue weighted by Crippen LogP contribution is -2.75. The molecule has 0 fully saturated rings. The molecule has 0 bridgehead atoms. The predicted molar refractivity (Wildman–Crippen MR) is 65.9 cm³/mol. The summed E-state index contributed by atoms with van der Waals surface area (Å²) >= 11 is 0. The van der Waals surface area contributed by atoms with Crippen LogP contribution in [-0.2, 0) is 0 Å². The molecule has 0 aliphatic heterocycles. The van der Waals surface area contributed by atoms with Gasteiger partial charge in [-0.25, -0.2) is 4.39 Å². The monoisotopic (exact) mass is 650 g/mol. The van der Waals surface area contributed by atoms with Crippen molar-refractivity contribution in [1.29, 1.82) is 0 Å². The highest BCUT2D eigenvalue weighted by molar-refractivity contribution is 5.34. The van der Waals surface area contributed by atoms with Gasteiger partial charge in [0, 0.05) is 0 Å². The minimum atomic E-state index is -9.57. The maximum absolute atomic E-state index is 13.7. The highest BCUT2D eigenvalue weighted by atomic mass is 19.4. The third-order valence-electron chi connectivity index (χ3n) is 4.17. The van der Waals surface area contributed by atoms with Gasteiger partial charge in [0.05, 0.1) is 0 Å². The van der Waals surface area contributed by atoms with E-state index >= 15 is 0 Å². The van der Waals surface area contributed by atoms with Crippen LogP contribution in [0.2, 0.25) is 0 Å². The summed E-state index contributed by atoms with van der Waals surface area (Å²) in [4.78, 5) is 0. The van der Waals surface area contributed by atoms with Crippen LogP contribution < -0.4 is 0 Å². The van der Waals surface area contributed by atoms with Crippen LogP contribution in [0.5, 0.6) is 0 Å². The lowest BCUT2D eigenvalue weighted by molar-refractivity contribution is -0.461. The van der Waals surface area contributed by atoms with Gasteiger partial charge >= 0.3 is 65.9 Å². The van der Waals surface area contributed by atoms with Crippen molar-refractivity contribution in [2.45, 2.75) is 65.9 Å². The Balaban J connectivity index is 7.68. The molecule has 0 aromatic carbocycles. The Morgan fingerprint density at radius 1 is 0.282 bits per heavy atom. The van der Waals surface area contributed by atoms with E-state index < -0.39 is 77.3 Å². The number of hydrogen-bond acceptors (Lipinski definition) is 0. The van der Waals surface area contributed by atoms with Crippen molar-refractivity contribution in [3.8, 4) is 0 Å². The van der Waals surface area contributed by atoms with Crippen LogP contribution in [0.3, 0.4) is 0 Å². The number of allylic oxidation sites excluding steroid dienone is 2. The molecule has 0 heterocycles. The second kappa shape index (κ2) is 8.96. The highest BCUT2D eigenvalue weighted by Crippen LogP contribution is 2.66. The molecule has 0 aliphatic carbocycles. The van der Waals surface area contributed by atoms with E-state index in [1.807, 2.05) is 0 Å². The lowest BCUT2D eigenvalue weighted by atomic mass is 9.85. The third kappa shape index (κ3) is 4.89. The standard InChI is InChI=1S/C13F26/c14-2(5(19,20)21)1(4(17,18)12(34,35)36)3(15,16)6(22,23)7(24,25)8(26,27)9(28,29)10(30,31)11(32,33)13(37,38)39. The van der Waals surface area contributed by atoms with Crippen molar-refractivity contribution in [3.63, 3.8) is 0 Å². The zero-order chi connectivity index (χ0) is 32.7. The average molecular weight is 650 g/mol. The Hall–Kier alpha value is -2.08. The predicted octanol–water partition coefficient (Wildman–Crippen LogP) is 8.98. The number of hydrogen-bond donors (Lipinski definition) is 0. The topological polar surface area (TPSA) is 0 Å². The van der Waals surface area contributed by atoms with Crippen LogP contribution in [0.4, 0.5) is 114 Å². The van der Waals surface area contributed by atoms with Gasteiger partial charge < -0.3 is 0 Å². The van der Waals surface area contributed by atoms with Gasteiger partial charge in [-0.3, -0.25) is 0 Å². The van der Waals surface area contributed by atoms with Gasteiger partial charge in [-0.15, -0.1) is 0 Å². The van der Waals surface area contributed by atoms with Gasteiger partial charge in [0.25, 0.3) is 0 Å². The van der Waals surface area contributed by atoms with Crippen molar-refractivity contribution >= 4 is 0 Å². The Kier molecular flexibility index (Phi) is 8.48. The van der Waals surface area contributed by atoms with Crippen molar-refractivity contribution in [1.82, 2.24) is 0 Å². The highest BCUT2D eigenvalue weighted by Gasteiger charge is 2.96. The summed E-state index contributed by atoms with van der Waals surface area (Å²) < 4.78 is 335. The zero-order valence-electron chi connectivity index (χ0n) is 16.3. The van der Waals surface area contributed by atoms with Crippen molar-refractivity contribution in [2.24, 2.45) is 0 Å². The van der Waals surface area contributed by atoms with Gasteiger partial charge in [0.2, 0.25) is 5.83 Å². The number of alkyl halides is 25. The van der Waals surface area contributed by atoms with Crippen LogP contribution >= 0.6 is 0 Å². The molecular weight excluding hydrogens is 650 g/mol. The fourth-order valence-corrected chi connectivity index (χ4v) is 2.08. The van der Waals surface area contributed by atoms with E-state index in [0.717, 1.165) is 0 Å². The average Bonchev–Trinajstić information content (AvgIpc) is 2.63. The maximum Gasteiger partial charge on any atom is 0.460 e. The van der Waals surface area contributed by atoms with Gasteiger partial charge in [0.15, 0.2) is 0 Å². The molecule has 0 unspecified atom stereocenters. The first-order chi connectivity index (χ1) is 16.3. The SMILES string of the molecule is FC(=C(C(F)(F)C(F)(F)F)C(F)(F)C(F)(F)C(F)(F)C(F)(F)C(F)(F)C(F)(F)C(F)(F)C(F)(F)F)C(F)(F)F. The van der Waals surface area contributed by atoms with Crippen LogP contribution in [0.1, 0.15) is 0 Å². The van der Waals surface area contributed by atoms with E-state index in [4.69, 9.17) is 0 Å². The Bertz CT molecular complexity index is 932. The first-order valence-electron chi connectivity index (χ1n) is 7.91. The molecule has 26 heteroatoms. The van der Waals surface area contributed by atoms with Crippen molar-refractivity contribution < 1.29 is 114 Å². The Morgan fingerprint density at radius 2 is 0.538 bits per heavy atom. The Labute approximate surface area is 193 Å². The van der Waals surface area contributed by atoms with Crippen molar-refractivity contribution in [2.75, 3.05) is 0 Å². The summed E-state index contributed by atoms with van der Waals surface area (Å²) in [7, 11) is 0. The molecule has 0 amide bonds. The molecule has 0 aromatic rings. The van der Waals surface area contributed by atoms with E-state index in [2.05, 4.69) is 0 Å². The Morgan fingerprint density at radius 3 is 0.769 bits per heavy atom. The third-order valence-corrected chi connectivity index (χ3v) is 4.17. The zero-order valence-corrected chi connectivity index (χ0v) is 16.3. The fraction of sp³-hybridized carbons (Fsp3) is 0.846. The molecule has 0 spiro atoms. The lowest BCUT2D eigenvalue weighted by Gasteiger charge is -2.43. The molecule has 0 radical (unpaired) electrons.